The molecule has 0 bridgehead atoms. The van der Waals surface area contributed by atoms with Crippen molar-refractivity contribution in [3.63, 3.8) is 0 Å². The number of benzene rings is 1. The second-order valence-corrected chi connectivity index (χ2v) is 3.58. The molecule has 2 aromatic rings. The van der Waals surface area contributed by atoms with E-state index in [0.717, 1.165) is 16.9 Å². The van der Waals surface area contributed by atoms with E-state index in [-0.39, 0.29) is 5.28 Å². The molecule has 82 valence electrons. The first-order valence-corrected chi connectivity index (χ1v) is 5.09. The summed E-state index contributed by atoms with van der Waals surface area (Å²) in [5.41, 5.74) is 2.63. The van der Waals surface area contributed by atoms with Gasteiger partial charge in [0.25, 0.3) is 0 Å². The van der Waals surface area contributed by atoms with Crippen molar-refractivity contribution in [3.05, 3.63) is 35.2 Å². The Balaban J connectivity index is 2.56. The normalized spacial score (nSPS) is 10.2. The maximum atomic E-state index is 5.70. The van der Waals surface area contributed by atoms with Crippen LogP contribution in [0.1, 0.15) is 5.56 Å². The van der Waals surface area contributed by atoms with Crippen LogP contribution in [0.15, 0.2) is 24.4 Å². The Morgan fingerprint density at radius 2 is 2.12 bits per heavy atom. The van der Waals surface area contributed by atoms with Crippen molar-refractivity contribution in [2.24, 2.45) is 0 Å². The van der Waals surface area contributed by atoms with Gasteiger partial charge in [0.05, 0.1) is 19.0 Å². The molecule has 0 unspecified atom stereocenters. The molecule has 0 atom stereocenters. The molecular weight excluding hydrogens is 226 g/mol. The van der Waals surface area contributed by atoms with E-state index in [9.17, 15) is 0 Å². The third-order valence-corrected chi connectivity index (χ3v) is 2.47. The fourth-order valence-corrected chi connectivity index (χ4v) is 1.66. The van der Waals surface area contributed by atoms with Gasteiger partial charge in [0.2, 0.25) is 5.28 Å². The summed E-state index contributed by atoms with van der Waals surface area (Å²) < 4.78 is 5.24. The molecule has 0 saturated carbocycles. The molecule has 0 saturated heterocycles. The number of halogens is 1. The Morgan fingerprint density at radius 1 is 1.31 bits per heavy atom. The number of hydrogen-bond acceptors (Lipinski definition) is 4. The molecule has 16 heavy (non-hydrogen) atoms. The van der Waals surface area contributed by atoms with E-state index in [1.807, 2.05) is 25.1 Å². The highest BCUT2D eigenvalue weighted by atomic mass is 35.5. The van der Waals surface area contributed by atoms with E-state index in [1.165, 1.54) is 0 Å². The van der Waals surface area contributed by atoms with Crippen LogP contribution in [0.2, 0.25) is 5.28 Å². The summed E-state index contributed by atoms with van der Waals surface area (Å²) in [5, 5.41) is 7.52. The summed E-state index contributed by atoms with van der Waals surface area (Å²) in [7, 11) is 1.64. The molecule has 0 fully saturated rings. The summed E-state index contributed by atoms with van der Waals surface area (Å²) in [4.78, 5) is 4.12. The molecule has 0 N–H and O–H groups in total. The monoisotopic (exact) mass is 235 g/mol. The molecule has 0 radical (unpaired) electrons. The van der Waals surface area contributed by atoms with E-state index in [4.69, 9.17) is 16.3 Å². The number of nitrogens with zero attached hydrogens (tertiary/aromatic N) is 3. The van der Waals surface area contributed by atoms with E-state index < -0.39 is 0 Å². The second-order valence-electron chi connectivity index (χ2n) is 3.24. The van der Waals surface area contributed by atoms with E-state index in [2.05, 4.69) is 15.2 Å². The standard InChI is InChI=1S/C11H10ClN3O/c1-7-8(4-3-5-10(7)16-2)9-6-13-15-11(12)14-9/h3-6H,1-2H3. The second kappa shape index (κ2) is 4.45. The molecule has 2 rings (SSSR count). The van der Waals surface area contributed by atoms with Crippen LogP contribution in [-0.4, -0.2) is 22.3 Å². The lowest BCUT2D eigenvalue weighted by Gasteiger charge is -2.09. The molecule has 0 spiro atoms. The predicted octanol–water partition coefficient (Wildman–Crippen LogP) is 2.51. The van der Waals surface area contributed by atoms with Gasteiger partial charge >= 0.3 is 0 Å². The highest BCUT2D eigenvalue weighted by Gasteiger charge is 2.08. The van der Waals surface area contributed by atoms with E-state index >= 15 is 0 Å². The van der Waals surface area contributed by atoms with Crippen LogP contribution < -0.4 is 4.74 Å². The minimum absolute atomic E-state index is 0.139. The summed E-state index contributed by atoms with van der Waals surface area (Å²) in [6.45, 7) is 1.96. The van der Waals surface area contributed by atoms with Gasteiger partial charge in [0.1, 0.15) is 5.75 Å². The predicted molar refractivity (Wildman–Crippen MR) is 61.6 cm³/mol. The van der Waals surface area contributed by atoms with Gasteiger partial charge in [-0.15, -0.1) is 5.10 Å². The molecule has 1 aromatic carbocycles. The van der Waals surface area contributed by atoms with Gasteiger partial charge in [-0.2, -0.15) is 5.10 Å². The van der Waals surface area contributed by atoms with Gasteiger partial charge in [0, 0.05) is 11.1 Å². The average molecular weight is 236 g/mol. The molecular formula is C11H10ClN3O. The van der Waals surface area contributed by atoms with Crippen LogP contribution in [0.4, 0.5) is 0 Å². The average Bonchev–Trinajstić information content (AvgIpc) is 2.29. The van der Waals surface area contributed by atoms with Crippen LogP contribution in [0.3, 0.4) is 0 Å². The van der Waals surface area contributed by atoms with Crippen molar-refractivity contribution < 1.29 is 4.74 Å². The Bertz CT molecular complexity index is 516. The minimum atomic E-state index is 0.139. The third kappa shape index (κ3) is 1.97. The minimum Gasteiger partial charge on any atom is -0.496 e. The maximum absolute atomic E-state index is 5.70. The van der Waals surface area contributed by atoms with E-state index in [1.54, 1.807) is 13.3 Å². The summed E-state index contributed by atoms with van der Waals surface area (Å²) in [6, 6.07) is 5.74. The van der Waals surface area contributed by atoms with Gasteiger partial charge in [-0.25, -0.2) is 4.98 Å². The summed E-state index contributed by atoms with van der Waals surface area (Å²) in [6.07, 6.45) is 1.58. The van der Waals surface area contributed by atoms with Gasteiger partial charge in [-0.3, -0.25) is 0 Å². The quantitative estimate of drug-likeness (QED) is 0.803. The van der Waals surface area contributed by atoms with Crippen molar-refractivity contribution >= 4 is 11.6 Å². The lowest BCUT2D eigenvalue weighted by atomic mass is 10.1. The van der Waals surface area contributed by atoms with Gasteiger partial charge < -0.3 is 4.74 Å². The van der Waals surface area contributed by atoms with Crippen LogP contribution in [0.5, 0.6) is 5.75 Å². The third-order valence-electron chi connectivity index (χ3n) is 2.31. The zero-order valence-electron chi connectivity index (χ0n) is 8.94. The van der Waals surface area contributed by atoms with Crippen LogP contribution in [0.25, 0.3) is 11.3 Å². The molecule has 0 aliphatic heterocycles. The maximum Gasteiger partial charge on any atom is 0.243 e. The molecule has 5 heteroatoms. The van der Waals surface area contributed by atoms with Gasteiger partial charge in [-0.1, -0.05) is 12.1 Å². The summed E-state index contributed by atoms with van der Waals surface area (Å²) in [5.74, 6) is 0.812. The number of methoxy groups -OCH3 is 1. The molecule has 4 nitrogen and oxygen atoms in total. The lowest BCUT2D eigenvalue weighted by molar-refractivity contribution is 0.412. The Hall–Kier alpha value is -1.68. The number of ether oxygens (including phenoxy) is 1. The number of aromatic nitrogens is 3. The van der Waals surface area contributed by atoms with Crippen LogP contribution in [-0.2, 0) is 0 Å². The molecule has 0 amide bonds. The van der Waals surface area contributed by atoms with Crippen molar-refractivity contribution in [1.82, 2.24) is 15.2 Å². The Kier molecular flexibility index (Phi) is 3.01. The van der Waals surface area contributed by atoms with Crippen molar-refractivity contribution in [2.75, 3.05) is 7.11 Å². The van der Waals surface area contributed by atoms with Crippen LogP contribution in [0, 0.1) is 6.92 Å². The highest BCUT2D eigenvalue weighted by molar-refractivity contribution is 6.28. The first-order chi connectivity index (χ1) is 7.72. The SMILES string of the molecule is COc1cccc(-c2cnnc(Cl)n2)c1C. The number of rotatable bonds is 2. The largest absolute Gasteiger partial charge is 0.496 e. The molecule has 1 heterocycles. The molecule has 0 aliphatic carbocycles. The number of hydrogen-bond donors (Lipinski definition) is 0. The summed E-state index contributed by atoms with van der Waals surface area (Å²) >= 11 is 5.70. The fourth-order valence-electron chi connectivity index (χ4n) is 1.52. The smallest absolute Gasteiger partial charge is 0.243 e. The van der Waals surface area contributed by atoms with Crippen molar-refractivity contribution in [1.29, 1.82) is 0 Å². The first kappa shape index (κ1) is 10.8. The van der Waals surface area contributed by atoms with Gasteiger partial charge in [0.15, 0.2) is 0 Å². The zero-order chi connectivity index (χ0) is 11.5. The van der Waals surface area contributed by atoms with Gasteiger partial charge in [-0.05, 0) is 24.6 Å². The van der Waals surface area contributed by atoms with Crippen LogP contribution >= 0.6 is 11.6 Å². The van der Waals surface area contributed by atoms with Crippen molar-refractivity contribution in [2.45, 2.75) is 6.92 Å². The zero-order valence-corrected chi connectivity index (χ0v) is 9.69. The van der Waals surface area contributed by atoms with Crippen molar-refractivity contribution in [3.8, 4) is 17.0 Å². The van der Waals surface area contributed by atoms with E-state index in [0.29, 0.717) is 5.69 Å². The first-order valence-electron chi connectivity index (χ1n) is 4.71. The molecule has 1 aromatic heterocycles. The topological polar surface area (TPSA) is 47.9 Å². The fraction of sp³-hybridized carbons (Fsp3) is 0.182. The highest BCUT2D eigenvalue weighted by Crippen LogP contribution is 2.28. The Labute approximate surface area is 98.3 Å². The Morgan fingerprint density at radius 3 is 2.81 bits per heavy atom. The lowest BCUT2D eigenvalue weighted by Crippen LogP contribution is -1.94. The molecule has 0 aliphatic rings.